The lowest BCUT2D eigenvalue weighted by atomic mass is 9.98. The van der Waals surface area contributed by atoms with E-state index in [-0.39, 0.29) is 24.0 Å². The highest BCUT2D eigenvalue weighted by molar-refractivity contribution is 7.88. The van der Waals surface area contributed by atoms with Crippen molar-refractivity contribution in [2.24, 2.45) is 5.92 Å². The van der Waals surface area contributed by atoms with E-state index in [9.17, 15) is 13.2 Å². The van der Waals surface area contributed by atoms with Crippen molar-refractivity contribution in [2.45, 2.75) is 38.7 Å². The topological polar surface area (TPSA) is 84.9 Å². The monoisotopic (exact) mass is 396 g/mol. The highest BCUT2D eigenvalue weighted by Crippen LogP contribution is 2.41. The number of rotatable bonds is 6. The van der Waals surface area contributed by atoms with E-state index in [1.807, 2.05) is 32.0 Å². The van der Waals surface area contributed by atoms with Gasteiger partial charge in [0.2, 0.25) is 10.0 Å². The van der Waals surface area contributed by atoms with Crippen molar-refractivity contribution in [2.75, 3.05) is 32.5 Å². The molecule has 0 atom stereocenters. The van der Waals surface area contributed by atoms with E-state index < -0.39 is 10.0 Å². The van der Waals surface area contributed by atoms with E-state index in [2.05, 4.69) is 5.32 Å². The van der Waals surface area contributed by atoms with Crippen LogP contribution in [0.3, 0.4) is 0 Å². The first kappa shape index (κ1) is 19.9. The lowest BCUT2D eigenvalue weighted by Gasteiger charge is -2.30. The van der Waals surface area contributed by atoms with Crippen LogP contribution in [0.15, 0.2) is 18.2 Å². The number of nitrogens with one attached hydrogen (secondary N) is 1. The fourth-order valence-corrected chi connectivity index (χ4v) is 4.47. The number of nitrogens with zero attached hydrogens (tertiary/aromatic N) is 1. The van der Waals surface area contributed by atoms with Crippen molar-refractivity contribution in [3.05, 3.63) is 23.8 Å². The Balaban J connectivity index is 1.44. The second-order valence-electron chi connectivity index (χ2n) is 7.98. The Morgan fingerprint density at radius 2 is 2.04 bits per heavy atom. The number of benzene rings is 1. The minimum atomic E-state index is -3.12. The van der Waals surface area contributed by atoms with Crippen LogP contribution < -0.4 is 14.8 Å². The van der Waals surface area contributed by atoms with Gasteiger partial charge in [-0.25, -0.2) is 12.7 Å². The van der Waals surface area contributed by atoms with E-state index in [1.165, 1.54) is 10.6 Å². The van der Waals surface area contributed by atoms with Crippen LogP contribution in [0.2, 0.25) is 0 Å². The van der Waals surface area contributed by atoms with E-state index in [0.717, 1.165) is 30.6 Å². The molecule has 1 saturated heterocycles. The summed E-state index contributed by atoms with van der Waals surface area (Å²) in [5, 5.41) is 2.89. The Morgan fingerprint density at radius 1 is 1.33 bits per heavy atom. The molecule has 1 N–H and O–H groups in total. The number of sulfonamides is 1. The molecule has 0 saturated carbocycles. The smallest absolute Gasteiger partial charge is 0.257 e. The van der Waals surface area contributed by atoms with Crippen molar-refractivity contribution in [1.29, 1.82) is 0 Å². The van der Waals surface area contributed by atoms with E-state index >= 15 is 0 Å². The number of hydrogen-bond donors (Lipinski definition) is 1. The Bertz CT molecular complexity index is 798. The third-order valence-electron chi connectivity index (χ3n) is 5.04. The molecular weight excluding hydrogens is 368 g/mol. The Morgan fingerprint density at radius 3 is 2.70 bits per heavy atom. The Kier molecular flexibility index (Phi) is 5.67. The average molecular weight is 397 g/mol. The summed E-state index contributed by atoms with van der Waals surface area (Å²) in [7, 11) is -3.12. The molecular formula is C19H28N2O5S. The molecule has 8 heteroatoms. The number of hydrogen-bond acceptors (Lipinski definition) is 5. The van der Waals surface area contributed by atoms with Crippen molar-refractivity contribution in [3.8, 4) is 11.5 Å². The fraction of sp³-hybridized carbons (Fsp3) is 0.632. The predicted octanol–water partition coefficient (Wildman–Crippen LogP) is 1.57. The van der Waals surface area contributed by atoms with Crippen molar-refractivity contribution in [1.82, 2.24) is 9.62 Å². The van der Waals surface area contributed by atoms with Crippen molar-refractivity contribution >= 4 is 15.9 Å². The van der Waals surface area contributed by atoms with Gasteiger partial charge in [-0.05, 0) is 38.7 Å². The predicted molar refractivity (Wildman–Crippen MR) is 102 cm³/mol. The number of carbonyl (C=O) groups is 1. The van der Waals surface area contributed by atoms with Crippen LogP contribution in [0.1, 0.15) is 32.3 Å². The fourth-order valence-electron chi connectivity index (χ4n) is 3.60. The molecule has 150 valence electrons. The first-order valence-electron chi connectivity index (χ1n) is 9.29. The minimum Gasteiger partial charge on any atom is -0.483 e. The van der Waals surface area contributed by atoms with Gasteiger partial charge < -0.3 is 14.8 Å². The highest BCUT2D eigenvalue weighted by atomic mass is 32.2. The number of ether oxygens (including phenoxy) is 2. The molecule has 27 heavy (non-hydrogen) atoms. The molecule has 2 aliphatic rings. The summed E-state index contributed by atoms with van der Waals surface area (Å²) in [6, 6.07) is 5.74. The summed E-state index contributed by atoms with van der Waals surface area (Å²) in [6.07, 6.45) is 3.56. The molecule has 2 heterocycles. The maximum absolute atomic E-state index is 12.1. The molecule has 0 spiro atoms. The second-order valence-corrected chi connectivity index (χ2v) is 9.96. The van der Waals surface area contributed by atoms with Crippen LogP contribution in [0, 0.1) is 5.92 Å². The molecule has 0 aliphatic carbocycles. The Labute approximate surface area is 161 Å². The molecule has 2 aliphatic heterocycles. The van der Waals surface area contributed by atoms with Crippen LogP contribution in [-0.2, 0) is 21.2 Å². The first-order chi connectivity index (χ1) is 12.6. The van der Waals surface area contributed by atoms with Gasteiger partial charge in [-0.2, -0.15) is 0 Å². The molecule has 1 amide bonds. The highest BCUT2D eigenvalue weighted by Gasteiger charge is 2.32. The third kappa shape index (κ3) is 5.13. The van der Waals surface area contributed by atoms with Crippen LogP contribution in [0.5, 0.6) is 11.5 Å². The summed E-state index contributed by atoms with van der Waals surface area (Å²) < 4.78 is 36.2. The molecule has 0 bridgehead atoms. The van der Waals surface area contributed by atoms with Crippen molar-refractivity contribution in [3.63, 3.8) is 0 Å². The van der Waals surface area contributed by atoms with Gasteiger partial charge in [0.25, 0.3) is 5.91 Å². The maximum Gasteiger partial charge on any atom is 0.257 e. The number of piperidine rings is 1. The molecule has 0 aromatic heterocycles. The van der Waals surface area contributed by atoms with Gasteiger partial charge in [0.05, 0.1) is 6.26 Å². The summed E-state index contributed by atoms with van der Waals surface area (Å²) in [5.41, 5.74) is 0.834. The third-order valence-corrected chi connectivity index (χ3v) is 6.35. The van der Waals surface area contributed by atoms with Gasteiger partial charge in [-0.3, -0.25) is 4.79 Å². The van der Waals surface area contributed by atoms with E-state index in [0.29, 0.717) is 25.4 Å². The first-order valence-corrected chi connectivity index (χ1v) is 11.1. The summed E-state index contributed by atoms with van der Waals surface area (Å²) >= 11 is 0. The molecule has 1 aromatic rings. The standard InChI is InChI=1S/C19H28N2O5S/c1-19(2)11-15-5-4-6-16(18(15)26-19)25-13-17(22)20-12-14-7-9-21(10-8-14)27(3,23)24/h4-6,14H,7-13H2,1-3H3,(H,20,22). The molecule has 0 unspecified atom stereocenters. The van der Waals surface area contributed by atoms with Gasteiger partial charge in [-0.15, -0.1) is 0 Å². The summed E-state index contributed by atoms with van der Waals surface area (Å²) in [5.74, 6) is 1.42. The zero-order valence-electron chi connectivity index (χ0n) is 16.2. The lowest BCUT2D eigenvalue weighted by molar-refractivity contribution is -0.123. The van der Waals surface area contributed by atoms with E-state index in [1.54, 1.807) is 0 Å². The van der Waals surface area contributed by atoms with Crippen LogP contribution >= 0.6 is 0 Å². The van der Waals surface area contributed by atoms with E-state index in [4.69, 9.17) is 9.47 Å². The number of para-hydroxylation sites is 1. The molecule has 0 radical (unpaired) electrons. The summed E-state index contributed by atoms with van der Waals surface area (Å²) in [4.78, 5) is 12.1. The van der Waals surface area contributed by atoms with Crippen LogP contribution in [0.4, 0.5) is 0 Å². The number of carbonyl (C=O) groups excluding carboxylic acids is 1. The Hall–Kier alpha value is -1.80. The number of amides is 1. The minimum absolute atomic E-state index is 0.0670. The SMILES string of the molecule is CC1(C)Cc2cccc(OCC(=O)NCC3CCN(S(C)(=O)=O)CC3)c2O1. The zero-order chi connectivity index (χ0) is 19.7. The molecule has 1 fully saturated rings. The van der Waals surface area contributed by atoms with Gasteiger partial charge in [0.1, 0.15) is 5.60 Å². The van der Waals surface area contributed by atoms with Gasteiger partial charge in [-0.1, -0.05) is 12.1 Å². The molecule has 3 rings (SSSR count). The van der Waals surface area contributed by atoms with Gasteiger partial charge >= 0.3 is 0 Å². The molecule has 7 nitrogen and oxygen atoms in total. The van der Waals surface area contributed by atoms with Gasteiger partial charge in [0, 0.05) is 31.6 Å². The van der Waals surface area contributed by atoms with Crippen LogP contribution in [-0.4, -0.2) is 56.7 Å². The zero-order valence-corrected chi connectivity index (χ0v) is 17.0. The average Bonchev–Trinajstić information content (AvgIpc) is 2.92. The normalized spacial score (nSPS) is 20.0. The molecule has 1 aromatic carbocycles. The largest absolute Gasteiger partial charge is 0.483 e. The lowest BCUT2D eigenvalue weighted by Crippen LogP contribution is -2.41. The number of fused-ring (bicyclic) bond motifs is 1. The van der Waals surface area contributed by atoms with Crippen molar-refractivity contribution < 1.29 is 22.7 Å². The van der Waals surface area contributed by atoms with Gasteiger partial charge in [0.15, 0.2) is 18.1 Å². The quantitative estimate of drug-likeness (QED) is 0.789. The summed E-state index contributed by atoms with van der Waals surface area (Å²) in [6.45, 7) is 5.55. The maximum atomic E-state index is 12.1. The second kappa shape index (κ2) is 7.67. The van der Waals surface area contributed by atoms with Crippen LogP contribution in [0.25, 0.3) is 0 Å².